The lowest BCUT2D eigenvalue weighted by Gasteiger charge is -2.39. The topological polar surface area (TPSA) is 59.4 Å². The van der Waals surface area contributed by atoms with Crippen molar-refractivity contribution in [2.24, 2.45) is 0 Å². The van der Waals surface area contributed by atoms with E-state index in [0.29, 0.717) is 19.1 Å². The van der Waals surface area contributed by atoms with Crippen molar-refractivity contribution >= 4 is 5.91 Å². The van der Waals surface area contributed by atoms with Crippen molar-refractivity contribution in [3.63, 3.8) is 0 Å². The van der Waals surface area contributed by atoms with Crippen LogP contribution in [0, 0.1) is 13.8 Å². The summed E-state index contributed by atoms with van der Waals surface area (Å²) in [5.74, 6) is 0.933. The van der Waals surface area contributed by atoms with E-state index < -0.39 is 0 Å². The third kappa shape index (κ3) is 4.39. The minimum atomic E-state index is 0.0836. The van der Waals surface area contributed by atoms with Crippen molar-refractivity contribution in [2.75, 3.05) is 33.3 Å². The van der Waals surface area contributed by atoms with E-state index in [-0.39, 0.29) is 5.91 Å². The van der Waals surface area contributed by atoms with E-state index in [0.717, 1.165) is 31.0 Å². The van der Waals surface area contributed by atoms with E-state index >= 15 is 0 Å². The number of ether oxygens (including phenoxy) is 1. The number of aryl methyl sites for hydroxylation is 2. The maximum Gasteiger partial charge on any atom is 0.234 e. The lowest BCUT2D eigenvalue weighted by atomic mass is 10.1. The van der Waals surface area contributed by atoms with Crippen molar-refractivity contribution in [3.05, 3.63) is 47.3 Å². The fourth-order valence-corrected chi connectivity index (χ4v) is 3.24. The second-order valence-corrected chi connectivity index (χ2v) is 6.67. The van der Waals surface area contributed by atoms with Gasteiger partial charge in [0, 0.05) is 25.3 Å². The number of nitrogens with one attached hydrogen (secondary N) is 1. The fraction of sp³-hybridized carbons (Fsp3) is 0.474. The molecule has 2 aromatic rings. The highest BCUT2D eigenvalue weighted by Gasteiger charge is 2.30. The molecule has 134 valence electrons. The van der Waals surface area contributed by atoms with E-state index in [4.69, 9.17) is 4.74 Å². The fourth-order valence-electron chi connectivity index (χ4n) is 3.24. The van der Waals surface area contributed by atoms with Gasteiger partial charge in [-0.15, -0.1) is 0 Å². The first-order chi connectivity index (χ1) is 12.0. The van der Waals surface area contributed by atoms with Crippen LogP contribution in [0.5, 0.6) is 5.75 Å². The number of nitrogens with zero attached hydrogens (tertiary/aromatic N) is 3. The van der Waals surface area contributed by atoms with Gasteiger partial charge in [-0.1, -0.05) is 12.1 Å². The third-order valence-corrected chi connectivity index (χ3v) is 4.59. The maximum absolute atomic E-state index is 12.1. The van der Waals surface area contributed by atoms with Gasteiger partial charge in [-0.25, -0.2) is 0 Å². The number of carbonyl (C=O) groups is 1. The average Bonchev–Trinajstić information content (AvgIpc) is 2.89. The Morgan fingerprint density at radius 1 is 1.28 bits per heavy atom. The lowest BCUT2D eigenvalue weighted by Crippen LogP contribution is -2.52. The van der Waals surface area contributed by atoms with Crippen molar-refractivity contribution in [2.45, 2.75) is 26.3 Å². The van der Waals surface area contributed by atoms with E-state index in [1.807, 2.05) is 31.2 Å². The van der Waals surface area contributed by atoms with Crippen molar-refractivity contribution in [3.8, 4) is 5.75 Å². The number of methoxy groups -OCH3 is 1. The Morgan fingerprint density at radius 3 is 2.60 bits per heavy atom. The number of benzene rings is 1. The molecule has 0 aliphatic carbocycles. The van der Waals surface area contributed by atoms with Crippen LogP contribution >= 0.6 is 0 Å². The van der Waals surface area contributed by atoms with Gasteiger partial charge < -0.3 is 10.1 Å². The van der Waals surface area contributed by atoms with E-state index in [9.17, 15) is 4.79 Å². The number of amides is 1. The van der Waals surface area contributed by atoms with Crippen molar-refractivity contribution < 1.29 is 9.53 Å². The Hall–Kier alpha value is -2.34. The maximum atomic E-state index is 12.1. The SMILES string of the molecule is COc1ccc(CCNC(=O)CN2CC(n3nc(C)cc3C)C2)cc1. The monoisotopic (exact) mass is 342 g/mol. The van der Waals surface area contributed by atoms with E-state index in [2.05, 4.69) is 33.0 Å². The van der Waals surface area contributed by atoms with Gasteiger partial charge in [0.15, 0.2) is 0 Å². The number of aromatic nitrogens is 2. The zero-order valence-corrected chi connectivity index (χ0v) is 15.2. The van der Waals surface area contributed by atoms with Crippen LogP contribution in [0.25, 0.3) is 0 Å². The highest BCUT2D eigenvalue weighted by molar-refractivity contribution is 5.78. The molecule has 2 heterocycles. The molecule has 0 unspecified atom stereocenters. The van der Waals surface area contributed by atoms with Crippen LogP contribution in [0.15, 0.2) is 30.3 Å². The smallest absolute Gasteiger partial charge is 0.234 e. The summed E-state index contributed by atoms with van der Waals surface area (Å²) in [6.07, 6.45) is 0.824. The molecular formula is C19H26N4O2. The Labute approximate surface area is 148 Å². The molecule has 1 N–H and O–H groups in total. The molecule has 3 rings (SSSR count). The van der Waals surface area contributed by atoms with Gasteiger partial charge in [0.05, 0.1) is 25.4 Å². The standard InChI is InChI=1S/C19H26N4O2/c1-14-10-15(2)23(21-14)17-11-22(12-17)13-19(24)20-9-8-16-4-6-18(25-3)7-5-16/h4-7,10,17H,8-9,11-13H2,1-3H3,(H,20,24). The molecule has 0 radical (unpaired) electrons. The molecular weight excluding hydrogens is 316 g/mol. The van der Waals surface area contributed by atoms with Gasteiger partial charge in [-0.3, -0.25) is 14.4 Å². The van der Waals surface area contributed by atoms with Crippen molar-refractivity contribution in [1.29, 1.82) is 0 Å². The summed E-state index contributed by atoms with van der Waals surface area (Å²) < 4.78 is 7.22. The second kappa shape index (κ2) is 7.70. The van der Waals surface area contributed by atoms with Crippen LogP contribution in [0.4, 0.5) is 0 Å². The second-order valence-electron chi connectivity index (χ2n) is 6.67. The van der Waals surface area contributed by atoms with Gasteiger partial charge >= 0.3 is 0 Å². The first kappa shape index (κ1) is 17.5. The van der Waals surface area contributed by atoms with Gasteiger partial charge in [-0.05, 0) is 44.0 Å². The first-order valence-corrected chi connectivity index (χ1v) is 8.70. The zero-order chi connectivity index (χ0) is 17.8. The minimum absolute atomic E-state index is 0.0836. The molecule has 0 spiro atoms. The summed E-state index contributed by atoms with van der Waals surface area (Å²) in [6.45, 7) is 6.96. The Kier molecular flexibility index (Phi) is 5.38. The summed E-state index contributed by atoms with van der Waals surface area (Å²) in [5, 5.41) is 7.52. The third-order valence-electron chi connectivity index (χ3n) is 4.59. The summed E-state index contributed by atoms with van der Waals surface area (Å²) in [4.78, 5) is 14.2. The van der Waals surface area contributed by atoms with Crippen LogP contribution in [-0.4, -0.2) is 53.9 Å². The molecule has 1 fully saturated rings. The quantitative estimate of drug-likeness (QED) is 0.832. The van der Waals surface area contributed by atoms with Gasteiger partial charge in [0.1, 0.15) is 5.75 Å². The molecule has 1 aromatic heterocycles. The summed E-state index contributed by atoms with van der Waals surface area (Å²) in [6, 6.07) is 10.4. The Morgan fingerprint density at radius 2 is 2.00 bits per heavy atom. The minimum Gasteiger partial charge on any atom is -0.497 e. The molecule has 1 aromatic carbocycles. The van der Waals surface area contributed by atoms with Gasteiger partial charge in [0.2, 0.25) is 5.91 Å². The van der Waals surface area contributed by atoms with Crippen molar-refractivity contribution in [1.82, 2.24) is 20.0 Å². The average molecular weight is 342 g/mol. The van der Waals surface area contributed by atoms with Gasteiger partial charge in [0.25, 0.3) is 0 Å². The highest BCUT2D eigenvalue weighted by Crippen LogP contribution is 2.22. The van der Waals surface area contributed by atoms with Crippen LogP contribution in [-0.2, 0) is 11.2 Å². The highest BCUT2D eigenvalue weighted by atomic mass is 16.5. The zero-order valence-electron chi connectivity index (χ0n) is 15.2. The summed E-state index contributed by atoms with van der Waals surface area (Å²) >= 11 is 0. The Bertz CT molecular complexity index is 718. The normalized spacial score (nSPS) is 15.0. The lowest BCUT2D eigenvalue weighted by molar-refractivity contribution is -0.123. The predicted octanol–water partition coefficient (Wildman–Crippen LogP) is 1.72. The number of hydrogen-bond acceptors (Lipinski definition) is 4. The largest absolute Gasteiger partial charge is 0.497 e. The molecule has 1 amide bonds. The number of likely N-dealkylation sites (tertiary alicyclic amines) is 1. The summed E-state index contributed by atoms with van der Waals surface area (Å²) in [7, 11) is 1.66. The molecule has 0 saturated carbocycles. The molecule has 0 bridgehead atoms. The molecule has 1 saturated heterocycles. The van der Waals surface area contributed by atoms with Crippen LogP contribution in [0.3, 0.4) is 0 Å². The molecule has 6 heteroatoms. The molecule has 6 nitrogen and oxygen atoms in total. The molecule has 1 aliphatic rings. The summed E-state index contributed by atoms with van der Waals surface area (Å²) in [5.41, 5.74) is 3.42. The molecule has 0 atom stereocenters. The number of carbonyl (C=O) groups excluding carboxylic acids is 1. The number of hydrogen-bond donors (Lipinski definition) is 1. The van der Waals surface area contributed by atoms with Crippen LogP contribution in [0.1, 0.15) is 23.0 Å². The van der Waals surface area contributed by atoms with Crippen LogP contribution in [0.2, 0.25) is 0 Å². The first-order valence-electron chi connectivity index (χ1n) is 8.70. The van der Waals surface area contributed by atoms with Crippen LogP contribution < -0.4 is 10.1 Å². The predicted molar refractivity (Wildman–Crippen MR) is 96.9 cm³/mol. The molecule has 25 heavy (non-hydrogen) atoms. The van der Waals surface area contributed by atoms with E-state index in [1.54, 1.807) is 7.11 Å². The van der Waals surface area contributed by atoms with Gasteiger partial charge in [-0.2, -0.15) is 5.10 Å². The number of rotatable bonds is 7. The Balaban J connectivity index is 1.35. The molecule has 1 aliphatic heterocycles. The van der Waals surface area contributed by atoms with E-state index in [1.165, 1.54) is 11.3 Å².